The number of hydrogen-bond acceptors (Lipinski definition) is 13. The molecule has 0 bridgehead atoms. The number of ether oxygens (including phenoxy) is 2. The van der Waals surface area contributed by atoms with E-state index in [0.29, 0.717) is 30.2 Å². The number of thiazole rings is 2. The number of carbonyl (C=O) groups is 4. The first-order valence-corrected chi connectivity index (χ1v) is 20.3. The highest BCUT2D eigenvalue weighted by atomic mass is 32.1. The number of nitrogens with zero attached hydrogens (tertiary/aromatic N) is 4. The first kappa shape index (κ1) is 41.8. The second-order valence-corrected chi connectivity index (χ2v) is 16.8. The number of nitrogens with one attached hydrogen (secondary N) is 2. The number of amides is 2. The fourth-order valence-electron chi connectivity index (χ4n) is 7.07. The van der Waals surface area contributed by atoms with Gasteiger partial charge in [-0.1, -0.05) is 40.0 Å². The van der Waals surface area contributed by atoms with Crippen LogP contribution in [0.2, 0.25) is 0 Å². The van der Waals surface area contributed by atoms with Crippen LogP contribution >= 0.6 is 22.7 Å². The molecule has 2 aromatic heterocycles. The molecule has 3 heterocycles. The zero-order valence-corrected chi connectivity index (χ0v) is 33.6. The summed E-state index contributed by atoms with van der Waals surface area (Å²) >= 11 is 2.72. The lowest BCUT2D eigenvalue weighted by molar-refractivity contribution is -0.149. The number of likely N-dealkylation sites (tertiary alicyclic amines) is 1. The third kappa shape index (κ3) is 12.0. The molecule has 7 atom stereocenters. The summed E-state index contributed by atoms with van der Waals surface area (Å²) in [5.74, 6) is -1.37. The average molecular weight is 763 g/mol. The van der Waals surface area contributed by atoms with Crippen molar-refractivity contribution in [3.05, 3.63) is 32.2 Å². The van der Waals surface area contributed by atoms with E-state index >= 15 is 0 Å². The van der Waals surface area contributed by atoms with Gasteiger partial charge in [-0.15, -0.1) is 22.7 Å². The molecule has 0 radical (unpaired) electrons. The molecule has 1 saturated heterocycles. The summed E-state index contributed by atoms with van der Waals surface area (Å²) < 4.78 is 10.7. The van der Waals surface area contributed by atoms with E-state index in [1.807, 2.05) is 33.2 Å². The van der Waals surface area contributed by atoms with Crippen molar-refractivity contribution < 1.29 is 33.8 Å². The number of esters is 2. The lowest BCUT2D eigenvalue weighted by atomic mass is 9.95. The van der Waals surface area contributed by atoms with E-state index in [4.69, 9.17) is 9.47 Å². The molecule has 2 aliphatic rings. The minimum absolute atomic E-state index is 0.00206. The molecule has 2 aromatic rings. The number of aryl methyl sites for hydroxylation is 1. The van der Waals surface area contributed by atoms with Gasteiger partial charge in [0.2, 0.25) is 5.91 Å². The quantitative estimate of drug-likeness (QED) is 0.137. The Morgan fingerprint density at radius 3 is 2.40 bits per heavy atom. The molecule has 13 nitrogen and oxygen atoms in total. The van der Waals surface area contributed by atoms with Gasteiger partial charge in [-0.2, -0.15) is 0 Å². The summed E-state index contributed by atoms with van der Waals surface area (Å²) in [6.45, 7) is 9.96. The van der Waals surface area contributed by atoms with Gasteiger partial charge >= 0.3 is 11.9 Å². The molecule has 2 fully saturated rings. The molecular weight excluding hydrogens is 705 g/mol. The molecule has 290 valence electrons. The van der Waals surface area contributed by atoms with Crippen molar-refractivity contribution in [2.45, 2.75) is 129 Å². The standard InChI is InChI=1S/C37H58N6O7S2/c1-21(2)30(43(7)36(47)27(16-25-12-13-25)40-34(46)29-11-9-10-14-42(29)6)18-31(50-24(5)44)35-41-28(20-52-35)33(45)39-26(15-22(3)37(48)49-8)17-32-38-23(4)19-51-32/h19-22,25-27,29-31,34,40,46H,9-18H2,1-8H3,(H,39,45)/t22-,26+,27-,29+,30+,31+,34?/m0/s1. The molecule has 1 aliphatic carbocycles. The van der Waals surface area contributed by atoms with Crippen molar-refractivity contribution >= 4 is 46.4 Å². The first-order valence-electron chi connectivity index (χ1n) is 18.5. The van der Waals surface area contributed by atoms with Gasteiger partial charge in [0.05, 0.1) is 24.1 Å². The Labute approximate surface area is 316 Å². The molecule has 1 saturated carbocycles. The van der Waals surface area contributed by atoms with Crippen molar-refractivity contribution in [2.24, 2.45) is 17.8 Å². The minimum atomic E-state index is -0.827. The Morgan fingerprint density at radius 1 is 1.08 bits per heavy atom. The lowest BCUT2D eigenvalue weighted by Crippen LogP contribution is -2.58. The van der Waals surface area contributed by atoms with Gasteiger partial charge in [0, 0.05) is 61.4 Å². The van der Waals surface area contributed by atoms with Crippen LogP contribution < -0.4 is 10.6 Å². The number of aliphatic hydroxyl groups is 1. The smallest absolute Gasteiger partial charge is 0.308 e. The Kier molecular flexibility index (Phi) is 15.6. The molecule has 0 spiro atoms. The Hall–Kier alpha value is -2.98. The molecule has 2 amide bonds. The summed E-state index contributed by atoms with van der Waals surface area (Å²) in [5, 5.41) is 22.4. The highest BCUT2D eigenvalue weighted by molar-refractivity contribution is 7.10. The van der Waals surface area contributed by atoms with E-state index in [1.54, 1.807) is 24.3 Å². The predicted octanol–water partition coefficient (Wildman–Crippen LogP) is 4.49. The van der Waals surface area contributed by atoms with Gasteiger partial charge in [0.15, 0.2) is 6.10 Å². The highest BCUT2D eigenvalue weighted by Gasteiger charge is 2.38. The lowest BCUT2D eigenvalue weighted by Gasteiger charge is -2.39. The highest BCUT2D eigenvalue weighted by Crippen LogP contribution is 2.35. The van der Waals surface area contributed by atoms with Crippen LogP contribution in [-0.2, 0) is 30.3 Å². The summed E-state index contributed by atoms with van der Waals surface area (Å²) in [7, 11) is 5.14. The Bertz CT molecular complexity index is 1500. The number of aliphatic hydroxyl groups excluding tert-OH is 1. The number of aromatic nitrogens is 2. The first-order chi connectivity index (χ1) is 24.7. The third-order valence-electron chi connectivity index (χ3n) is 10.2. The molecular formula is C37H58N6O7S2. The number of rotatable bonds is 19. The van der Waals surface area contributed by atoms with Crippen LogP contribution in [0.25, 0.3) is 0 Å². The van der Waals surface area contributed by atoms with Crippen LogP contribution in [0.15, 0.2) is 10.8 Å². The minimum Gasteiger partial charge on any atom is -0.469 e. The number of methoxy groups -OCH3 is 1. The predicted molar refractivity (Wildman–Crippen MR) is 201 cm³/mol. The SMILES string of the molecule is COC(=O)[C@@H](C)C[C@H](Cc1nc(C)cs1)NC(=O)c1csc([C@@H](C[C@H](C(C)C)N(C)C(=O)[C@H](CC2CC2)NC(O)[C@H]2CCCCN2C)OC(C)=O)n1. The van der Waals surface area contributed by atoms with E-state index in [0.717, 1.165) is 49.4 Å². The largest absolute Gasteiger partial charge is 0.469 e. The fourth-order valence-corrected chi connectivity index (χ4v) is 8.77. The van der Waals surface area contributed by atoms with Crippen LogP contribution in [0.3, 0.4) is 0 Å². The van der Waals surface area contributed by atoms with Crippen LogP contribution in [0.5, 0.6) is 0 Å². The molecule has 15 heteroatoms. The van der Waals surface area contributed by atoms with E-state index in [1.165, 1.54) is 36.7 Å². The molecule has 0 aromatic carbocycles. The zero-order chi connectivity index (χ0) is 38.1. The normalized spacial score (nSPS) is 20.0. The van der Waals surface area contributed by atoms with Gasteiger partial charge in [0.25, 0.3) is 5.91 Å². The van der Waals surface area contributed by atoms with E-state index in [-0.39, 0.29) is 42.0 Å². The summed E-state index contributed by atoms with van der Waals surface area (Å²) in [5.41, 5.74) is 1.06. The maximum Gasteiger partial charge on any atom is 0.308 e. The van der Waals surface area contributed by atoms with E-state index in [2.05, 4.69) is 25.5 Å². The van der Waals surface area contributed by atoms with E-state index < -0.39 is 42.2 Å². The summed E-state index contributed by atoms with van der Waals surface area (Å²) in [6, 6.07) is -1.33. The van der Waals surface area contributed by atoms with E-state index in [9.17, 15) is 24.3 Å². The van der Waals surface area contributed by atoms with Gasteiger partial charge < -0.3 is 24.8 Å². The number of carbonyl (C=O) groups excluding carboxylic acids is 4. The summed E-state index contributed by atoms with van der Waals surface area (Å²) in [4.78, 5) is 65.4. The molecule has 52 heavy (non-hydrogen) atoms. The van der Waals surface area contributed by atoms with Gasteiger partial charge in [-0.3, -0.25) is 29.4 Å². The van der Waals surface area contributed by atoms with Gasteiger partial charge in [-0.05, 0) is 58.0 Å². The number of piperidine rings is 1. The van der Waals surface area contributed by atoms with Crippen molar-refractivity contribution in [3.63, 3.8) is 0 Å². The topological polar surface area (TPSA) is 163 Å². The van der Waals surface area contributed by atoms with Crippen molar-refractivity contribution in [3.8, 4) is 0 Å². The van der Waals surface area contributed by atoms with Crippen molar-refractivity contribution in [1.29, 1.82) is 0 Å². The number of likely N-dealkylation sites (N-methyl/N-ethyl adjacent to an activating group) is 2. The second-order valence-electron chi connectivity index (χ2n) is 15.0. The average Bonchev–Trinajstić information content (AvgIpc) is 3.60. The zero-order valence-electron chi connectivity index (χ0n) is 31.9. The second kappa shape index (κ2) is 19.4. The van der Waals surface area contributed by atoms with Crippen LogP contribution in [-0.4, -0.2) is 107 Å². The van der Waals surface area contributed by atoms with Crippen LogP contribution in [0.4, 0.5) is 0 Å². The molecule has 3 N–H and O–H groups in total. The third-order valence-corrected chi connectivity index (χ3v) is 12.1. The van der Waals surface area contributed by atoms with Crippen LogP contribution in [0.1, 0.15) is 111 Å². The number of hydrogen-bond donors (Lipinski definition) is 3. The molecule has 1 aliphatic heterocycles. The maximum absolute atomic E-state index is 14.2. The Morgan fingerprint density at radius 2 is 1.81 bits per heavy atom. The maximum atomic E-state index is 14.2. The van der Waals surface area contributed by atoms with Gasteiger partial charge in [0.1, 0.15) is 16.9 Å². The monoisotopic (exact) mass is 762 g/mol. The molecule has 1 unspecified atom stereocenters. The van der Waals surface area contributed by atoms with Gasteiger partial charge in [-0.25, -0.2) is 9.97 Å². The summed E-state index contributed by atoms with van der Waals surface area (Å²) in [6.07, 6.45) is 5.27. The fraction of sp³-hybridized carbons (Fsp3) is 0.730. The Balaban J connectivity index is 1.49. The molecule has 4 rings (SSSR count). The van der Waals surface area contributed by atoms with Crippen molar-refractivity contribution in [1.82, 2.24) is 30.4 Å². The van der Waals surface area contributed by atoms with Crippen molar-refractivity contribution in [2.75, 3.05) is 27.7 Å². The van der Waals surface area contributed by atoms with Crippen LogP contribution in [0, 0.1) is 24.7 Å².